The number of nitrogens with one attached hydrogen (secondary N) is 2. The molecule has 0 saturated heterocycles. The van der Waals surface area contributed by atoms with E-state index in [-0.39, 0.29) is 24.0 Å². The number of rotatable bonds is 10. The molecule has 1 rings (SSSR count). The van der Waals surface area contributed by atoms with Gasteiger partial charge in [0.25, 0.3) is 0 Å². The number of aryl methyl sites for hydroxylation is 1. The lowest BCUT2D eigenvalue weighted by atomic mass is 10.0. The van der Waals surface area contributed by atoms with E-state index < -0.39 is 0 Å². The summed E-state index contributed by atoms with van der Waals surface area (Å²) in [5.74, 6) is 1.56. The number of nitrogens with zero attached hydrogens (tertiary/aromatic N) is 4. The van der Waals surface area contributed by atoms with Crippen LogP contribution in [0.4, 0.5) is 0 Å². The molecule has 25 heavy (non-hydrogen) atoms. The fourth-order valence-electron chi connectivity index (χ4n) is 2.92. The Hall–Kier alpha value is -0.830. The van der Waals surface area contributed by atoms with Crippen molar-refractivity contribution in [1.82, 2.24) is 25.3 Å². The van der Waals surface area contributed by atoms with Gasteiger partial charge in [-0.2, -0.15) is 5.10 Å². The highest BCUT2D eigenvalue weighted by Crippen LogP contribution is 2.11. The number of hydrogen-bond donors (Lipinski definition) is 2. The summed E-state index contributed by atoms with van der Waals surface area (Å²) in [7, 11) is 1.95. The number of aliphatic imine (C=N–C) groups is 1. The fraction of sp³-hybridized carbons (Fsp3) is 0.778. The van der Waals surface area contributed by atoms with Crippen LogP contribution in [0.1, 0.15) is 46.7 Å². The molecule has 1 unspecified atom stereocenters. The smallest absolute Gasteiger partial charge is 0.191 e. The molecule has 1 atom stereocenters. The first-order valence-electron chi connectivity index (χ1n) is 9.24. The van der Waals surface area contributed by atoms with Crippen molar-refractivity contribution in [2.45, 2.75) is 53.6 Å². The van der Waals surface area contributed by atoms with Gasteiger partial charge < -0.3 is 10.6 Å². The molecule has 0 aliphatic carbocycles. The molecule has 0 bridgehead atoms. The molecular weight excluding hydrogens is 427 g/mol. The lowest BCUT2D eigenvalue weighted by molar-refractivity contribution is 0.191. The van der Waals surface area contributed by atoms with Gasteiger partial charge in [0.15, 0.2) is 5.96 Å². The summed E-state index contributed by atoms with van der Waals surface area (Å²) >= 11 is 0. The van der Waals surface area contributed by atoms with E-state index in [1.54, 1.807) is 0 Å². The minimum absolute atomic E-state index is 0. The Morgan fingerprint density at radius 3 is 2.40 bits per heavy atom. The van der Waals surface area contributed by atoms with Gasteiger partial charge in [-0.3, -0.25) is 9.58 Å². The molecule has 1 heterocycles. The maximum atomic E-state index is 4.69. The van der Waals surface area contributed by atoms with Crippen LogP contribution < -0.4 is 10.6 Å². The molecule has 7 heteroatoms. The van der Waals surface area contributed by atoms with Gasteiger partial charge in [-0.25, -0.2) is 4.99 Å². The Morgan fingerprint density at radius 2 is 1.92 bits per heavy atom. The van der Waals surface area contributed by atoms with E-state index in [9.17, 15) is 0 Å². The zero-order valence-corrected chi connectivity index (χ0v) is 19.1. The van der Waals surface area contributed by atoms with Gasteiger partial charge in [-0.1, -0.05) is 27.7 Å². The van der Waals surface area contributed by atoms with Crippen molar-refractivity contribution in [3.8, 4) is 0 Å². The van der Waals surface area contributed by atoms with Crippen LogP contribution in [0.5, 0.6) is 0 Å². The maximum absolute atomic E-state index is 4.69. The highest BCUT2D eigenvalue weighted by atomic mass is 127. The molecule has 0 amide bonds. The largest absolute Gasteiger partial charge is 0.357 e. The van der Waals surface area contributed by atoms with Crippen molar-refractivity contribution in [2.75, 3.05) is 26.2 Å². The van der Waals surface area contributed by atoms with Crippen LogP contribution in [-0.2, 0) is 13.6 Å². The van der Waals surface area contributed by atoms with Crippen molar-refractivity contribution in [1.29, 1.82) is 0 Å². The van der Waals surface area contributed by atoms with Crippen molar-refractivity contribution < 1.29 is 0 Å². The minimum atomic E-state index is 0. The Kier molecular flexibility index (Phi) is 12.9. The Balaban J connectivity index is 0.00000576. The summed E-state index contributed by atoms with van der Waals surface area (Å²) in [6.45, 7) is 15.7. The van der Waals surface area contributed by atoms with E-state index >= 15 is 0 Å². The lowest BCUT2D eigenvalue weighted by Crippen LogP contribution is -2.47. The molecule has 2 N–H and O–H groups in total. The van der Waals surface area contributed by atoms with E-state index in [0.29, 0.717) is 18.5 Å². The molecule has 0 fully saturated rings. The highest BCUT2D eigenvalue weighted by Gasteiger charge is 2.17. The van der Waals surface area contributed by atoms with Crippen molar-refractivity contribution >= 4 is 29.9 Å². The van der Waals surface area contributed by atoms with Gasteiger partial charge in [-0.15, -0.1) is 24.0 Å². The Bertz CT molecular complexity index is 482. The molecule has 0 aromatic carbocycles. The average Bonchev–Trinajstić information content (AvgIpc) is 2.95. The normalized spacial score (nSPS) is 13.0. The van der Waals surface area contributed by atoms with E-state index in [0.717, 1.165) is 37.8 Å². The summed E-state index contributed by atoms with van der Waals surface area (Å²) in [6, 6.07) is 2.53. The molecule has 1 aromatic heterocycles. The third-order valence-corrected chi connectivity index (χ3v) is 4.24. The Morgan fingerprint density at radius 1 is 1.24 bits per heavy atom. The highest BCUT2D eigenvalue weighted by molar-refractivity contribution is 14.0. The molecule has 0 spiro atoms. The number of guanidine groups is 1. The number of likely N-dealkylation sites (N-methyl/N-ethyl adjacent to an activating group) is 1. The van der Waals surface area contributed by atoms with Crippen molar-refractivity contribution in [3.05, 3.63) is 18.0 Å². The van der Waals surface area contributed by atoms with Gasteiger partial charge in [-0.05, 0) is 38.4 Å². The SMILES string of the molecule is CCNC(=NCc1ccnn1C)NCC(CC(C)C)N(CC)CC.I. The quantitative estimate of drug-likeness (QED) is 0.318. The number of hydrogen-bond acceptors (Lipinski definition) is 3. The van der Waals surface area contributed by atoms with Crippen LogP contribution in [0.3, 0.4) is 0 Å². The lowest BCUT2D eigenvalue weighted by Gasteiger charge is -2.31. The second-order valence-electron chi connectivity index (χ2n) is 6.53. The molecule has 0 aliphatic heterocycles. The van der Waals surface area contributed by atoms with Crippen LogP contribution >= 0.6 is 24.0 Å². The number of aromatic nitrogens is 2. The van der Waals surface area contributed by atoms with Gasteiger partial charge in [0.05, 0.1) is 12.2 Å². The molecule has 6 nitrogen and oxygen atoms in total. The summed E-state index contributed by atoms with van der Waals surface area (Å²) < 4.78 is 1.87. The first kappa shape index (κ1) is 24.2. The van der Waals surface area contributed by atoms with Gasteiger partial charge in [0.1, 0.15) is 0 Å². The van der Waals surface area contributed by atoms with E-state index in [1.165, 1.54) is 6.42 Å². The molecule has 146 valence electrons. The van der Waals surface area contributed by atoms with Crippen molar-refractivity contribution in [2.24, 2.45) is 18.0 Å². The molecular formula is C18H37IN6. The maximum Gasteiger partial charge on any atom is 0.191 e. The number of halogens is 1. The minimum Gasteiger partial charge on any atom is -0.357 e. The van der Waals surface area contributed by atoms with Crippen LogP contribution in [0.15, 0.2) is 17.3 Å². The monoisotopic (exact) mass is 464 g/mol. The third kappa shape index (κ3) is 8.89. The topological polar surface area (TPSA) is 57.5 Å². The zero-order chi connectivity index (χ0) is 17.9. The van der Waals surface area contributed by atoms with E-state index in [4.69, 9.17) is 4.99 Å². The molecule has 0 saturated carbocycles. The summed E-state index contributed by atoms with van der Waals surface area (Å²) in [5, 5.41) is 11.1. The van der Waals surface area contributed by atoms with Crippen LogP contribution in [0.25, 0.3) is 0 Å². The standard InChI is InChI=1S/C18H36N6.HI/c1-7-19-18(20-13-16-10-11-22-23(16)6)21-14-17(12-15(4)5)24(8-2)9-3;/h10-11,15,17H,7-9,12-14H2,1-6H3,(H2,19,20,21);1H. The summed E-state index contributed by atoms with van der Waals surface area (Å²) in [6.07, 6.45) is 3.00. The predicted octanol–water partition coefficient (Wildman–Crippen LogP) is 2.85. The Labute approximate surface area is 170 Å². The first-order chi connectivity index (χ1) is 11.5. The summed E-state index contributed by atoms with van der Waals surface area (Å²) in [5.41, 5.74) is 1.11. The van der Waals surface area contributed by atoms with Crippen molar-refractivity contribution in [3.63, 3.8) is 0 Å². The van der Waals surface area contributed by atoms with Crippen LogP contribution in [-0.4, -0.2) is 52.9 Å². The van der Waals surface area contributed by atoms with Crippen LogP contribution in [0, 0.1) is 5.92 Å². The third-order valence-electron chi connectivity index (χ3n) is 4.24. The summed E-state index contributed by atoms with van der Waals surface area (Å²) in [4.78, 5) is 7.22. The molecule has 0 radical (unpaired) electrons. The van der Waals surface area contributed by atoms with Gasteiger partial charge in [0, 0.05) is 32.4 Å². The molecule has 1 aromatic rings. The van der Waals surface area contributed by atoms with Crippen LogP contribution in [0.2, 0.25) is 0 Å². The zero-order valence-electron chi connectivity index (χ0n) is 16.7. The average molecular weight is 464 g/mol. The fourth-order valence-corrected chi connectivity index (χ4v) is 2.92. The van der Waals surface area contributed by atoms with Gasteiger partial charge in [0.2, 0.25) is 0 Å². The molecule has 0 aliphatic rings. The van der Waals surface area contributed by atoms with Gasteiger partial charge >= 0.3 is 0 Å². The van der Waals surface area contributed by atoms with E-state index in [1.807, 2.05) is 24.0 Å². The second kappa shape index (κ2) is 13.4. The predicted molar refractivity (Wildman–Crippen MR) is 118 cm³/mol. The first-order valence-corrected chi connectivity index (χ1v) is 9.24. The van der Waals surface area contributed by atoms with E-state index in [2.05, 4.69) is 55.3 Å². The second-order valence-corrected chi connectivity index (χ2v) is 6.53.